The molecule has 6 heteroatoms. The summed E-state index contributed by atoms with van der Waals surface area (Å²) in [6.45, 7) is 0.454. The number of ether oxygens (including phenoxy) is 1. The van der Waals surface area contributed by atoms with Gasteiger partial charge in [-0.25, -0.2) is 5.43 Å². The number of carbonyl (C=O) groups excluding carboxylic acids is 1. The molecule has 4 aromatic rings. The summed E-state index contributed by atoms with van der Waals surface area (Å²) in [4.78, 5) is 12.6. The maximum absolute atomic E-state index is 12.0. The average Bonchev–Trinajstić information content (AvgIpc) is 3.29. The Balaban J connectivity index is 1.46. The van der Waals surface area contributed by atoms with Crippen LogP contribution in [-0.2, 0) is 6.61 Å². The van der Waals surface area contributed by atoms with E-state index in [9.17, 15) is 4.79 Å². The third-order valence-corrected chi connectivity index (χ3v) is 6.09. The highest BCUT2D eigenvalue weighted by atomic mass is 79.9. The van der Waals surface area contributed by atoms with Crippen molar-refractivity contribution in [3.8, 4) is 5.75 Å². The highest BCUT2D eigenvalue weighted by molar-refractivity contribution is 9.10. The first kappa shape index (κ1) is 19.4. The molecule has 0 radical (unpaired) electrons. The smallest absolute Gasteiger partial charge is 0.281 e. The van der Waals surface area contributed by atoms with E-state index in [1.165, 1.54) is 22.1 Å². The van der Waals surface area contributed by atoms with Gasteiger partial charge in [0, 0.05) is 5.56 Å². The van der Waals surface area contributed by atoms with Crippen molar-refractivity contribution in [2.24, 2.45) is 5.10 Å². The van der Waals surface area contributed by atoms with E-state index in [1.807, 2.05) is 47.8 Å². The molecule has 0 aliphatic carbocycles. The van der Waals surface area contributed by atoms with E-state index in [4.69, 9.17) is 4.74 Å². The highest BCUT2D eigenvalue weighted by Crippen LogP contribution is 2.29. The summed E-state index contributed by atoms with van der Waals surface area (Å²) in [7, 11) is 0. The van der Waals surface area contributed by atoms with Gasteiger partial charge in [-0.2, -0.15) is 5.10 Å². The maximum atomic E-state index is 12.0. The van der Waals surface area contributed by atoms with Gasteiger partial charge >= 0.3 is 0 Å². The molecule has 0 aliphatic rings. The molecule has 4 rings (SSSR count). The van der Waals surface area contributed by atoms with Crippen LogP contribution >= 0.6 is 27.3 Å². The number of thiophene rings is 1. The molecule has 144 valence electrons. The Morgan fingerprint density at radius 3 is 2.72 bits per heavy atom. The molecule has 1 N–H and O–H groups in total. The second-order valence-corrected chi connectivity index (χ2v) is 8.00. The van der Waals surface area contributed by atoms with Crippen molar-refractivity contribution < 1.29 is 9.53 Å². The minimum Gasteiger partial charge on any atom is -0.488 e. The molecular formula is C23H17BrN2O2S. The zero-order valence-corrected chi connectivity index (χ0v) is 17.7. The number of amides is 1. The minimum atomic E-state index is -0.226. The molecule has 0 aliphatic heterocycles. The Bertz CT molecular complexity index is 1170. The lowest BCUT2D eigenvalue weighted by Gasteiger charge is -2.11. The molecule has 0 bridgehead atoms. The van der Waals surface area contributed by atoms with Gasteiger partial charge in [-0.05, 0) is 49.8 Å². The van der Waals surface area contributed by atoms with Crippen LogP contribution in [0.1, 0.15) is 20.8 Å². The molecule has 29 heavy (non-hydrogen) atoms. The van der Waals surface area contributed by atoms with Crippen LogP contribution in [0, 0.1) is 0 Å². The second-order valence-electron chi connectivity index (χ2n) is 6.26. The van der Waals surface area contributed by atoms with Crippen molar-refractivity contribution in [2.45, 2.75) is 6.61 Å². The highest BCUT2D eigenvalue weighted by Gasteiger charge is 2.08. The first-order chi connectivity index (χ1) is 14.2. The number of nitrogens with zero attached hydrogens (tertiary/aromatic N) is 1. The third kappa shape index (κ3) is 4.55. The molecule has 0 atom stereocenters. The Kier molecular flexibility index (Phi) is 6.03. The summed E-state index contributed by atoms with van der Waals surface area (Å²) < 4.78 is 6.85. The quantitative estimate of drug-likeness (QED) is 0.280. The van der Waals surface area contributed by atoms with Crippen LogP contribution in [0.4, 0.5) is 0 Å². The van der Waals surface area contributed by atoms with E-state index < -0.39 is 0 Å². The molecule has 0 unspecified atom stereocenters. The van der Waals surface area contributed by atoms with Gasteiger partial charge in [0.2, 0.25) is 0 Å². The fraction of sp³-hybridized carbons (Fsp3) is 0.0435. The summed E-state index contributed by atoms with van der Waals surface area (Å²) in [5, 5.41) is 8.28. The summed E-state index contributed by atoms with van der Waals surface area (Å²) in [5.74, 6) is 0.488. The van der Waals surface area contributed by atoms with Crippen molar-refractivity contribution in [3.05, 3.63) is 98.7 Å². The zero-order chi connectivity index (χ0) is 20.1. The number of hydrogen-bond acceptors (Lipinski definition) is 4. The number of hydrazone groups is 1. The number of nitrogens with one attached hydrogen (secondary N) is 1. The van der Waals surface area contributed by atoms with Crippen molar-refractivity contribution in [1.29, 1.82) is 0 Å². The first-order valence-corrected chi connectivity index (χ1v) is 10.6. The monoisotopic (exact) mass is 464 g/mol. The van der Waals surface area contributed by atoms with Gasteiger partial charge in [-0.3, -0.25) is 4.79 Å². The molecule has 1 heterocycles. The van der Waals surface area contributed by atoms with E-state index >= 15 is 0 Å². The van der Waals surface area contributed by atoms with Crippen LogP contribution in [0.3, 0.4) is 0 Å². The van der Waals surface area contributed by atoms with Crippen LogP contribution < -0.4 is 10.2 Å². The molecule has 1 amide bonds. The van der Waals surface area contributed by atoms with Crippen molar-refractivity contribution in [2.75, 3.05) is 0 Å². The molecule has 0 fully saturated rings. The van der Waals surface area contributed by atoms with E-state index in [2.05, 4.69) is 50.7 Å². The van der Waals surface area contributed by atoms with Crippen LogP contribution in [0.2, 0.25) is 0 Å². The second kappa shape index (κ2) is 9.03. The summed E-state index contributed by atoms with van der Waals surface area (Å²) in [6, 6.07) is 23.7. The van der Waals surface area contributed by atoms with Crippen LogP contribution in [0.25, 0.3) is 10.8 Å². The zero-order valence-electron chi connectivity index (χ0n) is 15.3. The molecule has 4 nitrogen and oxygen atoms in total. The Labute approximate surface area is 181 Å². The minimum absolute atomic E-state index is 0.226. The molecule has 3 aromatic carbocycles. The van der Waals surface area contributed by atoms with Gasteiger partial charge in [0.25, 0.3) is 5.91 Å². The Morgan fingerprint density at radius 1 is 1.03 bits per heavy atom. The molecular weight excluding hydrogens is 448 g/mol. The SMILES string of the molecule is O=C(N/N=C\c1cccc(OCc2cccc3ccccc23)c1Br)c1cccs1. The van der Waals surface area contributed by atoms with Gasteiger partial charge in [0.1, 0.15) is 12.4 Å². The number of fused-ring (bicyclic) bond motifs is 1. The van der Waals surface area contributed by atoms with Crippen LogP contribution in [0.5, 0.6) is 5.75 Å². The van der Waals surface area contributed by atoms with Crippen molar-refractivity contribution in [3.63, 3.8) is 0 Å². The normalized spacial score (nSPS) is 11.1. The predicted octanol–water partition coefficient (Wildman–Crippen LogP) is 6.01. The lowest BCUT2D eigenvalue weighted by Crippen LogP contribution is -2.16. The van der Waals surface area contributed by atoms with Gasteiger partial charge in [0.15, 0.2) is 0 Å². The fourth-order valence-electron chi connectivity index (χ4n) is 2.94. The lowest BCUT2D eigenvalue weighted by molar-refractivity contribution is 0.0959. The summed E-state index contributed by atoms with van der Waals surface area (Å²) >= 11 is 4.96. The molecule has 0 saturated carbocycles. The van der Waals surface area contributed by atoms with E-state index in [0.717, 1.165) is 15.6 Å². The van der Waals surface area contributed by atoms with E-state index in [1.54, 1.807) is 12.3 Å². The molecule has 1 aromatic heterocycles. The largest absolute Gasteiger partial charge is 0.488 e. The van der Waals surface area contributed by atoms with Crippen LogP contribution in [0.15, 0.2) is 87.8 Å². The van der Waals surface area contributed by atoms with E-state index in [0.29, 0.717) is 17.2 Å². The van der Waals surface area contributed by atoms with Gasteiger partial charge in [-0.1, -0.05) is 60.7 Å². The first-order valence-electron chi connectivity index (χ1n) is 8.97. The lowest BCUT2D eigenvalue weighted by atomic mass is 10.1. The number of halogens is 1. The number of hydrogen-bond donors (Lipinski definition) is 1. The summed E-state index contributed by atoms with van der Waals surface area (Å²) in [5.41, 5.74) is 4.47. The number of rotatable bonds is 6. The Morgan fingerprint density at radius 2 is 1.86 bits per heavy atom. The number of carbonyl (C=O) groups is 1. The fourth-order valence-corrected chi connectivity index (χ4v) is 4.03. The Hall–Kier alpha value is -2.96. The molecule has 0 spiro atoms. The average molecular weight is 465 g/mol. The third-order valence-electron chi connectivity index (χ3n) is 4.37. The standard InChI is InChI=1S/C23H17BrN2O2S/c24-22-17(14-25-26-23(27)21-12-5-13-29-21)8-4-11-20(22)28-15-18-9-3-7-16-6-1-2-10-19(16)18/h1-14H,15H2,(H,26,27)/b25-14-. The van der Waals surface area contributed by atoms with E-state index in [-0.39, 0.29) is 5.91 Å². The van der Waals surface area contributed by atoms with Crippen molar-refractivity contribution >= 4 is 50.2 Å². The van der Waals surface area contributed by atoms with Crippen molar-refractivity contribution in [1.82, 2.24) is 5.43 Å². The number of benzene rings is 3. The predicted molar refractivity (Wildman–Crippen MR) is 122 cm³/mol. The van der Waals surface area contributed by atoms with Crippen LogP contribution in [-0.4, -0.2) is 12.1 Å². The molecule has 0 saturated heterocycles. The van der Waals surface area contributed by atoms with Gasteiger partial charge < -0.3 is 4.74 Å². The summed E-state index contributed by atoms with van der Waals surface area (Å²) in [6.07, 6.45) is 1.60. The maximum Gasteiger partial charge on any atom is 0.281 e. The van der Waals surface area contributed by atoms with Gasteiger partial charge in [-0.15, -0.1) is 11.3 Å². The van der Waals surface area contributed by atoms with Gasteiger partial charge in [0.05, 0.1) is 15.6 Å². The topological polar surface area (TPSA) is 50.7 Å².